The maximum atomic E-state index is 5.39. The van der Waals surface area contributed by atoms with Gasteiger partial charge in [-0.05, 0) is 0 Å². The van der Waals surface area contributed by atoms with E-state index in [4.69, 9.17) is 28.8 Å². The third-order valence-electron chi connectivity index (χ3n) is 0.656. The molecule has 6 heteroatoms. The van der Waals surface area contributed by atoms with Crippen LogP contribution in [0.1, 0.15) is 0 Å². The van der Waals surface area contributed by atoms with E-state index in [9.17, 15) is 0 Å². The van der Waals surface area contributed by atoms with Gasteiger partial charge in [-0.15, -0.1) is 0 Å². The van der Waals surface area contributed by atoms with Crippen LogP contribution < -0.4 is 17.2 Å². The van der Waals surface area contributed by atoms with Crippen molar-refractivity contribution in [3.8, 4) is 0 Å². The van der Waals surface area contributed by atoms with Gasteiger partial charge in [0.1, 0.15) is 0 Å². The molecule has 0 amide bonds. The van der Waals surface area contributed by atoms with Gasteiger partial charge in [0.15, 0.2) is 5.96 Å². The maximum Gasteiger partial charge on any atom is 0.218 e. The molecule has 11 heavy (non-hydrogen) atoms. The second kappa shape index (κ2) is 4.56. The highest BCUT2D eigenvalue weighted by molar-refractivity contribution is 6.29. The summed E-state index contributed by atoms with van der Waals surface area (Å²) in [5.41, 5.74) is 15.2. The van der Waals surface area contributed by atoms with Crippen LogP contribution >= 0.6 is 11.6 Å². The minimum absolute atomic E-state index is 0.00759. The maximum absolute atomic E-state index is 5.39. The summed E-state index contributed by atoms with van der Waals surface area (Å²) in [7, 11) is 0. The lowest BCUT2D eigenvalue weighted by molar-refractivity contribution is 1.19. The van der Waals surface area contributed by atoms with E-state index in [-0.39, 0.29) is 18.5 Å². The molecule has 0 radical (unpaired) electrons. The summed E-state index contributed by atoms with van der Waals surface area (Å²) in [6, 6.07) is 0. The first-order chi connectivity index (χ1) is 5.02. The van der Waals surface area contributed by atoms with E-state index in [0.29, 0.717) is 5.03 Å². The zero-order chi connectivity index (χ0) is 8.85. The molecular formula is C5H10ClN5. The lowest BCUT2D eigenvalue weighted by Crippen LogP contribution is -2.26. The van der Waals surface area contributed by atoms with Crippen molar-refractivity contribution >= 4 is 23.5 Å². The van der Waals surface area contributed by atoms with Crippen LogP contribution in [-0.4, -0.2) is 18.5 Å². The molecule has 0 aliphatic carbocycles. The van der Waals surface area contributed by atoms with Gasteiger partial charge in [-0.3, -0.25) is 0 Å². The summed E-state index contributed by atoms with van der Waals surface area (Å²) in [5.74, 6) is -0.141. The monoisotopic (exact) mass is 175 g/mol. The predicted octanol–water partition coefficient (Wildman–Crippen LogP) is -0.673. The molecule has 0 saturated heterocycles. The minimum atomic E-state index is -0.133. The van der Waals surface area contributed by atoms with Gasteiger partial charge in [0.25, 0.3) is 0 Å². The first-order valence-electron chi connectivity index (χ1n) is 2.75. The van der Waals surface area contributed by atoms with Crippen LogP contribution in [0.25, 0.3) is 0 Å². The lowest BCUT2D eigenvalue weighted by atomic mass is 10.6. The van der Waals surface area contributed by atoms with Crippen molar-refractivity contribution in [2.45, 2.75) is 0 Å². The summed E-state index contributed by atoms with van der Waals surface area (Å²) in [6.07, 6.45) is 0. The van der Waals surface area contributed by atoms with Crippen molar-refractivity contribution in [2.24, 2.45) is 27.2 Å². The molecule has 0 fully saturated rings. The molecule has 62 valence electrons. The van der Waals surface area contributed by atoms with E-state index < -0.39 is 0 Å². The number of guanidine groups is 2. The molecule has 0 aliphatic heterocycles. The van der Waals surface area contributed by atoms with Crippen molar-refractivity contribution < 1.29 is 0 Å². The molecular weight excluding hydrogens is 166 g/mol. The van der Waals surface area contributed by atoms with Gasteiger partial charge in [-0.1, -0.05) is 18.2 Å². The van der Waals surface area contributed by atoms with Crippen molar-refractivity contribution in [1.29, 1.82) is 0 Å². The summed E-state index contributed by atoms with van der Waals surface area (Å²) >= 11 is 5.39. The lowest BCUT2D eigenvalue weighted by Gasteiger charge is -1.92. The van der Waals surface area contributed by atoms with Crippen molar-refractivity contribution in [3.05, 3.63) is 11.6 Å². The summed E-state index contributed by atoms with van der Waals surface area (Å²) < 4.78 is 0. The first-order valence-corrected chi connectivity index (χ1v) is 3.13. The molecule has 0 heterocycles. The Bertz CT molecular complexity index is 203. The van der Waals surface area contributed by atoms with Crippen LogP contribution in [0, 0.1) is 0 Å². The molecule has 0 atom stereocenters. The SMILES string of the molecule is C=C(Cl)CN=C(N)N=C(N)N. The second-order valence-electron chi connectivity index (χ2n) is 1.73. The first kappa shape index (κ1) is 9.77. The van der Waals surface area contributed by atoms with Gasteiger partial charge in [-0.2, -0.15) is 4.99 Å². The Kier molecular flexibility index (Phi) is 4.05. The van der Waals surface area contributed by atoms with Crippen LogP contribution in [0.3, 0.4) is 0 Å². The second-order valence-corrected chi connectivity index (χ2v) is 2.26. The Morgan fingerprint density at radius 1 is 1.36 bits per heavy atom. The third kappa shape index (κ3) is 6.66. The van der Waals surface area contributed by atoms with E-state index in [1.54, 1.807) is 0 Å². The van der Waals surface area contributed by atoms with Crippen molar-refractivity contribution in [1.82, 2.24) is 0 Å². The van der Waals surface area contributed by atoms with Gasteiger partial charge < -0.3 is 17.2 Å². The van der Waals surface area contributed by atoms with Gasteiger partial charge >= 0.3 is 0 Å². The fraction of sp³-hybridized carbons (Fsp3) is 0.200. The standard InChI is InChI=1S/C5H10ClN5/c1-3(6)2-10-5(9)11-4(7)8/h1-2H2,(H6,7,8,9,10,11). The van der Waals surface area contributed by atoms with Gasteiger partial charge in [0, 0.05) is 5.03 Å². The van der Waals surface area contributed by atoms with E-state index in [2.05, 4.69) is 16.6 Å². The summed E-state index contributed by atoms with van der Waals surface area (Å²) in [5, 5.41) is 0.374. The molecule has 0 unspecified atom stereocenters. The van der Waals surface area contributed by atoms with Crippen molar-refractivity contribution in [3.63, 3.8) is 0 Å². The topological polar surface area (TPSA) is 103 Å². The van der Waals surface area contributed by atoms with Gasteiger partial charge in [-0.25, -0.2) is 4.99 Å². The molecule has 6 N–H and O–H groups in total. The quantitative estimate of drug-likeness (QED) is 0.383. The van der Waals surface area contributed by atoms with Crippen LogP contribution in [-0.2, 0) is 0 Å². The largest absolute Gasteiger partial charge is 0.370 e. The van der Waals surface area contributed by atoms with E-state index in [1.807, 2.05) is 0 Å². The molecule has 0 aromatic rings. The average Bonchev–Trinajstić information content (AvgIpc) is 1.82. The zero-order valence-corrected chi connectivity index (χ0v) is 6.67. The normalized spacial score (nSPS) is 10.8. The molecule has 5 nitrogen and oxygen atoms in total. The van der Waals surface area contributed by atoms with Gasteiger partial charge in [0.2, 0.25) is 5.96 Å². The van der Waals surface area contributed by atoms with Crippen LogP contribution in [0.2, 0.25) is 0 Å². The average molecular weight is 176 g/mol. The van der Waals surface area contributed by atoms with E-state index in [1.165, 1.54) is 0 Å². The summed E-state index contributed by atoms with van der Waals surface area (Å²) in [6.45, 7) is 3.61. The number of hydrogen-bond acceptors (Lipinski definition) is 1. The highest BCUT2D eigenvalue weighted by Gasteiger charge is 1.88. The molecule has 0 spiro atoms. The highest BCUT2D eigenvalue weighted by atomic mass is 35.5. The van der Waals surface area contributed by atoms with Crippen LogP contribution in [0.15, 0.2) is 21.6 Å². The Morgan fingerprint density at radius 3 is 2.27 bits per heavy atom. The number of rotatable bonds is 2. The number of hydrogen-bond donors (Lipinski definition) is 3. The molecule has 0 saturated carbocycles. The third-order valence-corrected chi connectivity index (χ3v) is 0.776. The van der Waals surface area contributed by atoms with Crippen LogP contribution in [0.4, 0.5) is 0 Å². The molecule has 0 aromatic carbocycles. The van der Waals surface area contributed by atoms with Crippen molar-refractivity contribution in [2.75, 3.05) is 6.54 Å². The number of nitrogens with zero attached hydrogens (tertiary/aromatic N) is 2. The Morgan fingerprint density at radius 2 is 1.91 bits per heavy atom. The molecule has 0 bridgehead atoms. The Hall–Kier alpha value is -1.23. The smallest absolute Gasteiger partial charge is 0.218 e. The molecule has 0 aromatic heterocycles. The number of nitrogens with two attached hydrogens (primary N) is 3. The van der Waals surface area contributed by atoms with E-state index >= 15 is 0 Å². The fourth-order valence-corrected chi connectivity index (χ4v) is 0.394. The number of aliphatic imine (C=N–C) groups is 2. The molecule has 0 aliphatic rings. The fourth-order valence-electron chi connectivity index (χ4n) is 0.334. The molecule has 0 rings (SSSR count). The summed E-state index contributed by atoms with van der Waals surface area (Å²) in [4.78, 5) is 7.13. The Balaban J connectivity index is 4.02. The highest BCUT2D eigenvalue weighted by Crippen LogP contribution is 1.95. The van der Waals surface area contributed by atoms with Gasteiger partial charge in [0.05, 0.1) is 6.54 Å². The van der Waals surface area contributed by atoms with E-state index in [0.717, 1.165) is 0 Å². The van der Waals surface area contributed by atoms with Crippen LogP contribution in [0.5, 0.6) is 0 Å². The Labute approximate surface area is 69.6 Å². The predicted molar refractivity (Wildman–Crippen MR) is 47.3 cm³/mol. The zero-order valence-electron chi connectivity index (χ0n) is 5.92. The minimum Gasteiger partial charge on any atom is -0.370 e. The number of halogens is 1.